The normalized spacial score (nSPS) is 11.4. The fourth-order valence-electron chi connectivity index (χ4n) is 3.08. The van der Waals surface area contributed by atoms with Crippen LogP contribution in [0.5, 0.6) is 5.75 Å². The van der Waals surface area contributed by atoms with Crippen molar-refractivity contribution >= 4 is 21.6 Å². The van der Waals surface area contributed by atoms with Crippen LogP contribution >= 0.6 is 11.6 Å². The van der Waals surface area contributed by atoms with Crippen LogP contribution in [-0.2, 0) is 10.0 Å². The standard InChI is InChI=1S/C22H18ClN3O3S/c1-29-19-10-2-15(3-11-19)21-14-26(18-8-6-17(23)7-9-18)22(25-21)16-4-12-20(13-5-16)30(24,27)28/h2-14H,1H3,(H2,24,27,28). The van der Waals surface area contributed by atoms with E-state index in [9.17, 15) is 8.42 Å². The molecule has 0 bridgehead atoms. The van der Waals surface area contributed by atoms with E-state index in [1.54, 1.807) is 31.4 Å². The van der Waals surface area contributed by atoms with Crippen molar-refractivity contribution in [3.05, 3.63) is 84.0 Å². The fourth-order valence-corrected chi connectivity index (χ4v) is 3.72. The number of nitrogens with two attached hydrogens (primary N) is 1. The van der Waals surface area contributed by atoms with Gasteiger partial charge in [0.15, 0.2) is 0 Å². The molecule has 0 aliphatic carbocycles. The molecule has 4 rings (SSSR count). The first-order valence-corrected chi connectivity index (χ1v) is 10.9. The van der Waals surface area contributed by atoms with Crippen LogP contribution in [0, 0.1) is 0 Å². The molecule has 0 radical (unpaired) electrons. The van der Waals surface area contributed by atoms with E-state index < -0.39 is 10.0 Å². The minimum absolute atomic E-state index is 0.0474. The van der Waals surface area contributed by atoms with Crippen LogP contribution in [0.15, 0.2) is 83.9 Å². The lowest BCUT2D eigenvalue weighted by molar-refractivity contribution is 0.415. The summed E-state index contributed by atoms with van der Waals surface area (Å²) >= 11 is 6.04. The summed E-state index contributed by atoms with van der Waals surface area (Å²) in [6.07, 6.45) is 1.92. The Hall–Kier alpha value is -3.13. The number of sulfonamides is 1. The Morgan fingerprint density at radius 2 is 1.50 bits per heavy atom. The third kappa shape index (κ3) is 4.09. The number of methoxy groups -OCH3 is 1. The number of imidazole rings is 1. The highest BCUT2D eigenvalue weighted by atomic mass is 35.5. The second kappa shape index (κ2) is 7.95. The summed E-state index contributed by atoms with van der Waals surface area (Å²) in [5, 5.41) is 5.85. The van der Waals surface area contributed by atoms with E-state index in [0.717, 1.165) is 28.3 Å². The van der Waals surface area contributed by atoms with Crippen molar-refractivity contribution in [2.24, 2.45) is 5.14 Å². The average Bonchev–Trinajstić information content (AvgIpc) is 3.19. The molecule has 0 unspecified atom stereocenters. The molecule has 0 saturated carbocycles. The van der Waals surface area contributed by atoms with E-state index in [0.29, 0.717) is 10.8 Å². The van der Waals surface area contributed by atoms with Gasteiger partial charge in [0.25, 0.3) is 0 Å². The second-order valence-corrected chi connectivity index (χ2v) is 8.59. The molecule has 2 N–H and O–H groups in total. The molecule has 152 valence electrons. The van der Waals surface area contributed by atoms with E-state index >= 15 is 0 Å². The summed E-state index contributed by atoms with van der Waals surface area (Å²) in [6, 6.07) is 21.3. The molecule has 8 heteroatoms. The number of benzene rings is 3. The predicted octanol–water partition coefficient (Wildman–Crippen LogP) is 4.52. The molecule has 3 aromatic carbocycles. The number of ether oxygens (including phenoxy) is 1. The summed E-state index contributed by atoms with van der Waals surface area (Å²) in [5.41, 5.74) is 3.30. The van der Waals surface area contributed by atoms with Gasteiger partial charge in [0.05, 0.1) is 17.7 Å². The summed E-state index contributed by atoms with van der Waals surface area (Å²) in [4.78, 5) is 4.85. The Balaban J connectivity index is 1.84. The molecule has 0 aliphatic heterocycles. The first kappa shape index (κ1) is 20.2. The maximum atomic E-state index is 11.6. The Morgan fingerprint density at radius 3 is 2.07 bits per heavy atom. The van der Waals surface area contributed by atoms with Crippen LogP contribution in [-0.4, -0.2) is 25.1 Å². The quantitative estimate of drug-likeness (QED) is 0.495. The van der Waals surface area contributed by atoms with E-state index in [1.165, 1.54) is 12.1 Å². The Kier molecular flexibility index (Phi) is 5.34. The molecular weight excluding hydrogens is 422 g/mol. The van der Waals surface area contributed by atoms with Gasteiger partial charge in [-0.3, -0.25) is 4.57 Å². The maximum Gasteiger partial charge on any atom is 0.238 e. The molecule has 1 heterocycles. The molecule has 4 aromatic rings. The topological polar surface area (TPSA) is 87.2 Å². The highest BCUT2D eigenvalue weighted by molar-refractivity contribution is 7.89. The summed E-state index contributed by atoms with van der Waals surface area (Å²) in [5.74, 6) is 1.42. The van der Waals surface area contributed by atoms with Crippen molar-refractivity contribution in [1.82, 2.24) is 9.55 Å². The molecular formula is C22H18ClN3O3S. The third-order valence-electron chi connectivity index (χ3n) is 4.64. The first-order valence-electron chi connectivity index (χ1n) is 8.98. The van der Waals surface area contributed by atoms with Gasteiger partial charge in [-0.1, -0.05) is 11.6 Å². The lowest BCUT2D eigenvalue weighted by atomic mass is 10.1. The lowest BCUT2D eigenvalue weighted by Crippen LogP contribution is -2.11. The molecule has 0 atom stereocenters. The van der Waals surface area contributed by atoms with Crippen LogP contribution < -0.4 is 9.88 Å². The van der Waals surface area contributed by atoms with Crippen molar-refractivity contribution in [2.75, 3.05) is 7.11 Å². The molecule has 30 heavy (non-hydrogen) atoms. The molecule has 0 spiro atoms. The van der Waals surface area contributed by atoms with Crippen molar-refractivity contribution < 1.29 is 13.2 Å². The van der Waals surface area contributed by atoms with Crippen LogP contribution in [0.25, 0.3) is 28.3 Å². The fraction of sp³-hybridized carbons (Fsp3) is 0.0455. The van der Waals surface area contributed by atoms with E-state index in [-0.39, 0.29) is 4.90 Å². The molecule has 0 aliphatic rings. The molecule has 0 amide bonds. The van der Waals surface area contributed by atoms with E-state index in [1.807, 2.05) is 47.2 Å². The highest BCUT2D eigenvalue weighted by Gasteiger charge is 2.15. The minimum Gasteiger partial charge on any atom is -0.497 e. The van der Waals surface area contributed by atoms with Gasteiger partial charge < -0.3 is 4.74 Å². The molecule has 1 aromatic heterocycles. The second-order valence-electron chi connectivity index (χ2n) is 6.59. The Morgan fingerprint density at radius 1 is 0.900 bits per heavy atom. The first-order chi connectivity index (χ1) is 14.3. The summed E-state index contributed by atoms with van der Waals surface area (Å²) in [7, 11) is -2.15. The van der Waals surface area contributed by atoms with Crippen molar-refractivity contribution in [1.29, 1.82) is 0 Å². The van der Waals surface area contributed by atoms with Gasteiger partial charge in [-0.05, 0) is 72.8 Å². The van der Waals surface area contributed by atoms with Crippen molar-refractivity contribution in [3.63, 3.8) is 0 Å². The van der Waals surface area contributed by atoms with Crippen molar-refractivity contribution in [3.8, 4) is 34.1 Å². The van der Waals surface area contributed by atoms with Gasteiger partial charge in [-0.2, -0.15) is 0 Å². The van der Waals surface area contributed by atoms with Crippen LogP contribution in [0.3, 0.4) is 0 Å². The number of hydrogen-bond acceptors (Lipinski definition) is 4. The van der Waals surface area contributed by atoms with Gasteiger partial charge in [-0.15, -0.1) is 0 Å². The molecule has 0 fully saturated rings. The van der Waals surface area contributed by atoms with E-state index in [2.05, 4.69) is 0 Å². The SMILES string of the molecule is COc1ccc(-c2cn(-c3ccc(Cl)cc3)c(-c3ccc(S(N)(=O)=O)cc3)n2)cc1. The minimum atomic E-state index is -3.77. The number of rotatable bonds is 5. The average molecular weight is 440 g/mol. The van der Waals surface area contributed by atoms with Gasteiger partial charge >= 0.3 is 0 Å². The number of aromatic nitrogens is 2. The van der Waals surface area contributed by atoms with Crippen molar-refractivity contribution in [2.45, 2.75) is 4.90 Å². The highest BCUT2D eigenvalue weighted by Crippen LogP contribution is 2.29. The largest absolute Gasteiger partial charge is 0.497 e. The maximum absolute atomic E-state index is 11.6. The third-order valence-corrected chi connectivity index (χ3v) is 5.82. The Bertz CT molecular complexity index is 1280. The summed E-state index contributed by atoms with van der Waals surface area (Å²) < 4.78 is 30.3. The van der Waals surface area contributed by atoms with Gasteiger partial charge in [0.1, 0.15) is 11.6 Å². The van der Waals surface area contributed by atoms with E-state index in [4.69, 9.17) is 26.5 Å². The lowest BCUT2D eigenvalue weighted by Gasteiger charge is -2.08. The van der Waals surface area contributed by atoms with Crippen LogP contribution in [0.1, 0.15) is 0 Å². The molecule has 6 nitrogen and oxygen atoms in total. The number of halogens is 1. The predicted molar refractivity (Wildman–Crippen MR) is 117 cm³/mol. The zero-order chi connectivity index (χ0) is 21.3. The molecule has 0 saturated heterocycles. The Labute approximate surface area is 179 Å². The van der Waals surface area contributed by atoms with Crippen LogP contribution in [0.2, 0.25) is 5.02 Å². The number of hydrogen-bond donors (Lipinski definition) is 1. The zero-order valence-corrected chi connectivity index (χ0v) is 17.6. The monoisotopic (exact) mass is 439 g/mol. The van der Waals surface area contributed by atoms with Gasteiger partial charge in [-0.25, -0.2) is 18.5 Å². The van der Waals surface area contributed by atoms with Crippen LogP contribution in [0.4, 0.5) is 0 Å². The number of nitrogens with zero attached hydrogens (tertiary/aromatic N) is 2. The number of primary sulfonamides is 1. The summed E-state index contributed by atoms with van der Waals surface area (Å²) in [6.45, 7) is 0. The smallest absolute Gasteiger partial charge is 0.238 e. The van der Waals surface area contributed by atoms with Gasteiger partial charge in [0, 0.05) is 28.0 Å². The zero-order valence-electron chi connectivity index (χ0n) is 16.0. The van der Waals surface area contributed by atoms with Gasteiger partial charge in [0.2, 0.25) is 10.0 Å².